The zero-order valence-corrected chi connectivity index (χ0v) is 12.0. The summed E-state index contributed by atoms with van der Waals surface area (Å²) < 4.78 is 11.3. The molecule has 0 aromatic carbocycles. The molecular weight excluding hydrogens is 248 g/mol. The van der Waals surface area contributed by atoms with E-state index in [4.69, 9.17) is 9.47 Å². The molecular formula is C13H24N2O4. The van der Waals surface area contributed by atoms with Crippen molar-refractivity contribution in [2.45, 2.75) is 44.8 Å². The maximum atomic E-state index is 12.1. The van der Waals surface area contributed by atoms with Gasteiger partial charge in [0.1, 0.15) is 5.60 Å². The van der Waals surface area contributed by atoms with Crippen LogP contribution in [0.5, 0.6) is 0 Å². The Balaban J connectivity index is 1.95. The van der Waals surface area contributed by atoms with Gasteiger partial charge < -0.3 is 19.6 Å². The summed E-state index contributed by atoms with van der Waals surface area (Å²) >= 11 is 0. The fourth-order valence-corrected chi connectivity index (χ4v) is 2.53. The lowest BCUT2D eigenvalue weighted by Gasteiger charge is -2.46. The Bertz CT molecular complexity index is 332. The number of rotatable bonds is 0. The maximum Gasteiger partial charge on any atom is 0.410 e. The number of hydrogen-bond donors (Lipinski definition) is 1. The van der Waals surface area contributed by atoms with Gasteiger partial charge in [0.15, 0.2) is 0 Å². The average Bonchev–Trinajstić information content (AvgIpc) is 2.32. The monoisotopic (exact) mass is 272 g/mol. The highest BCUT2D eigenvalue weighted by molar-refractivity contribution is 5.68. The number of hydroxylamine groups is 2. The summed E-state index contributed by atoms with van der Waals surface area (Å²) in [6, 6.07) is 0. The van der Waals surface area contributed by atoms with Crippen LogP contribution in [-0.4, -0.2) is 65.3 Å². The zero-order valence-electron chi connectivity index (χ0n) is 12.0. The van der Waals surface area contributed by atoms with E-state index in [1.807, 2.05) is 20.8 Å². The smallest absolute Gasteiger partial charge is 0.410 e. The zero-order chi connectivity index (χ0) is 14.1. The second-order valence-corrected chi connectivity index (χ2v) is 6.39. The van der Waals surface area contributed by atoms with Gasteiger partial charge in [-0.2, -0.15) is 5.06 Å². The standard InChI is InChI=1S/C13H24N2O4/c1-12(2,3)19-11(16)14-8-9-18-13(10-14)4-6-15(17)7-5-13/h17H,4-10H2,1-3H3. The van der Waals surface area contributed by atoms with Gasteiger partial charge in [0.2, 0.25) is 0 Å². The number of morpholine rings is 1. The summed E-state index contributed by atoms with van der Waals surface area (Å²) in [5, 5.41) is 10.7. The van der Waals surface area contributed by atoms with E-state index in [1.54, 1.807) is 4.90 Å². The molecule has 1 amide bonds. The molecule has 0 unspecified atom stereocenters. The first-order chi connectivity index (χ1) is 8.80. The fraction of sp³-hybridized carbons (Fsp3) is 0.923. The minimum Gasteiger partial charge on any atom is -0.444 e. The molecule has 2 aliphatic heterocycles. The van der Waals surface area contributed by atoms with Crippen molar-refractivity contribution in [1.82, 2.24) is 9.96 Å². The molecule has 0 atom stereocenters. The van der Waals surface area contributed by atoms with Crippen LogP contribution in [0, 0.1) is 0 Å². The Morgan fingerprint density at radius 3 is 2.47 bits per heavy atom. The van der Waals surface area contributed by atoms with E-state index in [0.29, 0.717) is 32.8 Å². The molecule has 110 valence electrons. The van der Waals surface area contributed by atoms with E-state index in [1.165, 1.54) is 5.06 Å². The minimum atomic E-state index is -0.475. The van der Waals surface area contributed by atoms with Gasteiger partial charge in [0.05, 0.1) is 18.8 Å². The van der Waals surface area contributed by atoms with Crippen molar-refractivity contribution in [1.29, 1.82) is 0 Å². The van der Waals surface area contributed by atoms with Crippen molar-refractivity contribution < 1.29 is 19.5 Å². The van der Waals surface area contributed by atoms with Crippen LogP contribution in [0.25, 0.3) is 0 Å². The summed E-state index contributed by atoms with van der Waals surface area (Å²) in [6.07, 6.45) is 1.20. The van der Waals surface area contributed by atoms with Crippen molar-refractivity contribution in [3.05, 3.63) is 0 Å². The third-order valence-corrected chi connectivity index (χ3v) is 3.55. The lowest BCUT2D eigenvalue weighted by atomic mass is 9.90. The molecule has 0 aromatic heterocycles. The molecule has 0 radical (unpaired) electrons. The SMILES string of the molecule is CC(C)(C)OC(=O)N1CCOC2(CCN(O)CC2)C1. The van der Waals surface area contributed by atoms with Crippen LogP contribution in [0.15, 0.2) is 0 Å². The molecule has 6 heteroatoms. The number of hydrogen-bond acceptors (Lipinski definition) is 5. The van der Waals surface area contributed by atoms with E-state index in [-0.39, 0.29) is 11.7 Å². The molecule has 0 bridgehead atoms. The summed E-state index contributed by atoms with van der Waals surface area (Å²) in [7, 11) is 0. The van der Waals surface area contributed by atoms with Gasteiger partial charge in [0, 0.05) is 19.6 Å². The number of carbonyl (C=O) groups excluding carboxylic acids is 1. The van der Waals surface area contributed by atoms with Gasteiger partial charge in [-0.05, 0) is 33.6 Å². The number of amides is 1. The van der Waals surface area contributed by atoms with Crippen LogP contribution in [-0.2, 0) is 9.47 Å². The topological polar surface area (TPSA) is 62.2 Å². The second-order valence-electron chi connectivity index (χ2n) is 6.39. The highest BCUT2D eigenvalue weighted by atomic mass is 16.6. The van der Waals surface area contributed by atoms with Gasteiger partial charge >= 0.3 is 6.09 Å². The first kappa shape index (κ1) is 14.6. The van der Waals surface area contributed by atoms with Crippen molar-refractivity contribution in [2.24, 2.45) is 0 Å². The Kier molecular flexibility index (Phi) is 4.03. The van der Waals surface area contributed by atoms with E-state index in [9.17, 15) is 10.0 Å². The first-order valence-electron chi connectivity index (χ1n) is 6.85. The Morgan fingerprint density at radius 2 is 1.89 bits per heavy atom. The molecule has 0 aromatic rings. The lowest BCUT2D eigenvalue weighted by molar-refractivity contribution is -0.183. The van der Waals surface area contributed by atoms with Crippen molar-refractivity contribution in [3.63, 3.8) is 0 Å². The average molecular weight is 272 g/mol. The molecule has 2 fully saturated rings. The van der Waals surface area contributed by atoms with E-state index in [2.05, 4.69) is 0 Å². The van der Waals surface area contributed by atoms with Crippen LogP contribution in [0.3, 0.4) is 0 Å². The molecule has 1 spiro atoms. The number of nitrogens with zero attached hydrogens (tertiary/aromatic N) is 2. The predicted octanol–water partition coefficient (Wildman–Crippen LogP) is 1.48. The normalized spacial score (nSPS) is 24.5. The quantitative estimate of drug-likeness (QED) is 0.723. The number of piperidine rings is 1. The fourth-order valence-electron chi connectivity index (χ4n) is 2.53. The van der Waals surface area contributed by atoms with Crippen LogP contribution in [0.2, 0.25) is 0 Å². The molecule has 0 saturated carbocycles. The first-order valence-corrected chi connectivity index (χ1v) is 6.85. The van der Waals surface area contributed by atoms with E-state index in [0.717, 1.165) is 12.8 Å². The molecule has 6 nitrogen and oxygen atoms in total. The summed E-state index contributed by atoms with van der Waals surface area (Å²) in [5.41, 5.74) is -0.786. The van der Waals surface area contributed by atoms with Gasteiger partial charge in [-0.3, -0.25) is 0 Å². The lowest BCUT2D eigenvalue weighted by Crippen LogP contribution is -2.58. The van der Waals surface area contributed by atoms with Crippen molar-refractivity contribution in [3.8, 4) is 0 Å². The molecule has 0 aliphatic carbocycles. The van der Waals surface area contributed by atoms with Gasteiger partial charge in [-0.25, -0.2) is 4.79 Å². The van der Waals surface area contributed by atoms with Gasteiger partial charge in [0.25, 0.3) is 0 Å². The largest absolute Gasteiger partial charge is 0.444 e. The van der Waals surface area contributed by atoms with Crippen LogP contribution in [0.1, 0.15) is 33.6 Å². The Hall–Kier alpha value is -0.850. The summed E-state index contributed by atoms with van der Waals surface area (Å²) in [4.78, 5) is 13.8. The Morgan fingerprint density at radius 1 is 1.26 bits per heavy atom. The summed E-state index contributed by atoms with van der Waals surface area (Å²) in [5.74, 6) is 0. The molecule has 2 aliphatic rings. The maximum absolute atomic E-state index is 12.1. The highest BCUT2D eigenvalue weighted by Gasteiger charge is 2.41. The van der Waals surface area contributed by atoms with Crippen LogP contribution >= 0.6 is 0 Å². The third-order valence-electron chi connectivity index (χ3n) is 3.55. The van der Waals surface area contributed by atoms with Crippen LogP contribution in [0.4, 0.5) is 4.79 Å². The number of ether oxygens (including phenoxy) is 2. The minimum absolute atomic E-state index is 0.276. The Labute approximate surface area is 114 Å². The molecule has 2 saturated heterocycles. The molecule has 2 heterocycles. The van der Waals surface area contributed by atoms with Crippen molar-refractivity contribution >= 4 is 6.09 Å². The van der Waals surface area contributed by atoms with Gasteiger partial charge in [-0.15, -0.1) is 0 Å². The van der Waals surface area contributed by atoms with E-state index >= 15 is 0 Å². The van der Waals surface area contributed by atoms with Gasteiger partial charge in [-0.1, -0.05) is 0 Å². The second kappa shape index (κ2) is 5.26. The predicted molar refractivity (Wildman–Crippen MR) is 69.1 cm³/mol. The summed E-state index contributed by atoms with van der Waals surface area (Å²) in [6.45, 7) is 8.42. The third kappa shape index (κ3) is 3.81. The number of carbonyl (C=O) groups is 1. The molecule has 1 N–H and O–H groups in total. The molecule has 19 heavy (non-hydrogen) atoms. The molecule has 2 rings (SSSR count). The highest BCUT2D eigenvalue weighted by Crippen LogP contribution is 2.30. The van der Waals surface area contributed by atoms with Crippen LogP contribution < -0.4 is 0 Å². The van der Waals surface area contributed by atoms with E-state index < -0.39 is 5.60 Å². The van der Waals surface area contributed by atoms with Crippen molar-refractivity contribution in [2.75, 3.05) is 32.8 Å².